The van der Waals surface area contributed by atoms with Gasteiger partial charge in [-0.2, -0.15) is 0 Å². The smallest absolute Gasteiger partial charge is 0.347 e. The van der Waals surface area contributed by atoms with Gasteiger partial charge in [0.2, 0.25) is 6.10 Å². The molecular formula is C17H20N2O6. The molecule has 8 heteroatoms. The van der Waals surface area contributed by atoms with Gasteiger partial charge in [-0.25, -0.2) is 9.59 Å². The van der Waals surface area contributed by atoms with Crippen molar-refractivity contribution in [3.05, 3.63) is 33.9 Å². The van der Waals surface area contributed by atoms with Gasteiger partial charge in [0.1, 0.15) is 5.69 Å². The molecule has 0 saturated carbocycles. The van der Waals surface area contributed by atoms with E-state index in [1.807, 2.05) is 4.90 Å². The molecule has 0 unspecified atom stereocenters. The predicted octanol–water partition coefficient (Wildman–Crippen LogP) is 2.45. The molecule has 0 bridgehead atoms. The number of carbonyl (C=O) groups is 2. The van der Waals surface area contributed by atoms with Gasteiger partial charge in [-0.15, -0.1) is 0 Å². The Labute approximate surface area is 144 Å². The van der Waals surface area contributed by atoms with Gasteiger partial charge >= 0.3 is 11.9 Å². The van der Waals surface area contributed by atoms with Gasteiger partial charge in [-0.1, -0.05) is 12.8 Å². The van der Waals surface area contributed by atoms with Crippen molar-refractivity contribution in [2.24, 2.45) is 0 Å². The quantitative estimate of drug-likeness (QED) is 0.468. The average molecular weight is 348 g/mol. The second-order valence-corrected chi connectivity index (χ2v) is 6.21. The minimum absolute atomic E-state index is 0.0602. The monoisotopic (exact) mass is 348 g/mol. The van der Waals surface area contributed by atoms with E-state index in [1.54, 1.807) is 6.07 Å². The van der Waals surface area contributed by atoms with Crippen molar-refractivity contribution in [3.63, 3.8) is 0 Å². The van der Waals surface area contributed by atoms with Crippen LogP contribution in [0.3, 0.4) is 0 Å². The first kappa shape index (κ1) is 17.2. The van der Waals surface area contributed by atoms with Gasteiger partial charge in [0.05, 0.1) is 17.1 Å². The fourth-order valence-corrected chi connectivity index (χ4v) is 3.16. The Kier molecular flexibility index (Phi) is 5.16. The molecule has 0 aliphatic carbocycles. The Morgan fingerprint density at radius 3 is 2.56 bits per heavy atom. The Balaban J connectivity index is 1.81. The fraction of sp³-hybridized carbons (Fsp3) is 0.529. The number of hydrogen-bond acceptors (Lipinski definition) is 7. The largest absolute Gasteiger partial charge is 0.463 e. The molecule has 2 aliphatic rings. The minimum Gasteiger partial charge on any atom is -0.463 e. The van der Waals surface area contributed by atoms with Crippen LogP contribution >= 0.6 is 0 Å². The van der Waals surface area contributed by atoms with Crippen molar-refractivity contribution < 1.29 is 24.0 Å². The molecule has 8 nitrogen and oxygen atoms in total. The van der Waals surface area contributed by atoms with E-state index in [2.05, 4.69) is 0 Å². The summed E-state index contributed by atoms with van der Waals surface area (Å²) >= 11 is 0. The lowest BCUT2D eigenvalue weighted by atomic mass is 10.1. The summed E-state index contributed by atoms with van der Waals surface area (Å²) in [5, 5.41) is 11.5. The standard InChI is InChI=1S/C17H20N2O6/c20-16(25-15-7-10-24-17(15)21)12-5-6-13(14(11-12)19(22)23)18-8-3-1-2-4-9-18/h5-6,11,15H,1-4,7-10H2/t15-/m1/s1. The van der Waals surface area contributed by atoms with Crippen LogP contribution in [0.4, 0.5) is 11.4 Å². The maximum atomic E-state index is 12.2. The molecular weight excluding hydrogens is 328 g/mol. The van der Waals surface area contributed by atoms with Crippen molar-refractivity contribution >= 4 is 23.3 Å². The van der Waals surface area contributed by atoms with Gasteiger partial charge < -0.3 is 14.4 Å². The van der Waals surface area contributed by atoms with Gasteiger partial charge in [0.25, 0.3) is 5.69 Å². The van der Waals surface area contributed by atoms with E-state index in [0.717, 1.165) is 38.8 Å². The number of esters is 2. The molecule has 0 amide bonds. The second kappa shape index (κ2) is 7.50. The van der Waals surface area contributed by atoms with Crippen LogP contribution in [0.1, 0.15) is 42.5 Å². The summed E-state index contributed by atoms with van der Waals surface area (Å²) in [4.78, 5) is 36.6. The number of anilines is 1. The van der Waals surface area contributed by atoms with Gasteiger partial charge in [0.15, 0.2) is 0 Å². The molecule has 1 atom stereocenters. The normalized spacial score (nSPS) is 20.7. The highest BCUT2D eigenvalue weighted by molar-refractivity contribution is 5.93. The van der Waals surface area contributed by atoms with Crippen LogP contribution in [0.2, 0.25) is 0 Å². The summed E-state index contributed by atoms with van der Waals surface area (Å²) < 4.78 is 9.84. The topological polar surface area (TPSA) is 99.0 Å². The van der Waals surface area contributed by atoms with Gasteiger partial charge in [-0.05, 0) is 25.0 Å². The Morgan fingerprint density at radius 1 is 1.24 bits per heavy atom. The number of nitro benzene ring substituents is 1. The highest BCUT2D eigenvalue weighted by Crippen LogP contribution is 2.31. The van der Waals surface area contributed by atoms with Crippen molar-refractivity contribution in [2.45, 2.75) is 38.2 Å². The lowest BCUT2D eigenvalue weighted by Gasteiger charge is -2.22. The maximum absolute atomic E-state index is 12.2. The number of carbonyl (C=O) groups excluding carboxylic acids is 2. The van der Waals surface area contributed by atoms with Crippen LogP contribution in [0.25, 0.3) is 0 Å². The molecule has 2 saturated heterocycles. The van der Waals surface area contributed by atoms with E-state index in [9.17, 15) is 19.7 Å². The van der Waals surface area contributed by atoms with Crippen LogP contribution in [0.15, 0.2) is 18.2 Å². The number of nitro groups is 1. The highest BCUT2D eigenvalue weighted by Gasteiger charge is 2.31. The molecule has 0 spiro atoms. The Hall–Kier alpha value is -2.64. The van der Waals surface area contributed by atoms with Crippen LogP contribution < -0.4 is 4.90 Å². The summed E-state index contributed by atoms with van der Waals surface area (Å²) in [6.07, 6.45) is 3.59. The number of ether oxygens (including phenoxy) is 2. The predicted molar refractivity (Wildman–Crippen MR) is 88.6 cm³/mol. The van der Waals surface area contributed by atoms with E-state index in [0.29, 0.717) is 12.1 Å². The zero-order chi connectivity index (χ0) is 17.8. The SMILES string of the molecule is O=C(O[C@@H]1CCOC1=O)c1ccc(N2CCCCCC2)c([N+](=O)[O-])c1. The highest BCUT2D eigenvalue weighted by atomic mass is 16.6. The summed E-state index contributed by atoms with van der Waals surface area (Å²) in [6.45, 7) is 1.74. The third-order valence-electron chi connectivity index (χ3n) is 4.49. The molecule has 134 valence electrons. The third-order valence-corrected chi connectivity index (χ3v) is 4.49. The molecule has 2 aliphatic heterocycles. The zero-order valence-electron chi connectivity index (χ0n) is 13.8. The molecule has 0 N–H and O–H groups in total. The first-order chi connectivity index (χ1) is 12.1. The zero-order valence-corrected chi connectivity index (χ0v) is 13.8. The molecule has 0 radical (unpaired) electrons. The van der Waals surface area contributed by atoms with Crippen molar-refractivity contribution in [2.75, 3.05) is 24.6 Å². The molecule has 2 heterocycles. The summed E-state index contributed by atoms with van der Waals surface area (Å²) in [6, 6.07) is 4.33. The van der Waals surface area contributed by atoms with Crippen LogP contribution in [0.5, 0.6) is 0 Å². The van der Waals surface area contributed by atoms with Gasteiger partial charge in [0, 0.05) is 25.6 Å². The van der Waals surface area contributed by atoms with Crippen LogP contribution in [-0.2, 0) is 14.3 Å². The lowest BCUT2D eigenvalue weighted by molar-refractivity contribution is -0.384. The molecule has 3 rings (SSSR count). The first-order valence-electron chi connectivity index (χ1n) is 8.47. The van der Waals surface area contributed by atoms with Crippen molar-refractivity contribution in [1.82, 2.24) is 0 Å². The summed E-state index contributed by atoms with van der Waals surface area (Å²) in [5.41, 5.74) is 0.457. The summed E-state index contributed by atoms with van der Waals surface area (Å²) in [7, 11) is 0. The number of cyclic esters (lactones) is 1. The molecule has 1 aromatic carbocycles. The Bertz CT molecular complexity index is 682. The molecule has 25 heavy (non-hydrogen) atoms. The van der Waals surface area contributed by atoms with Crippen LogP contribution in [-0.4, -0.2) is 42.7 Å². The molecule has 1 aromatic rings. The van der Waals surface area contributed by atoms with Crippen molar-refractivity contribution in [3.8, 4) is 0 Å². The van der Waals surface area contributed by atoms with E-state index >= 15 is 0 Å². The summed E-state index contributed by atoms with van der Waals surface area (Å²) in [5.74, 6) is -1.33. The van der Waals surface area contributed by atoms with E-state index in [-0.39, 0.29) is 17.9 Å². The molecule has 2 fully saturated rings. The second-order valence-electron chi connectivity index (χ2n) is 6.21. The molecule has 0 aromatic heterocycles. The lowest BCUT2D eigenvalue weighted by Crippen LogP contribution is -2.25. The number of benzene rings is 1. The number of rotatable bonds is 4. The number of nitrogens with zero attached hydrogens (tertiary/aromatic N) is 2. The van der Waals surface area contributed by atoms with E-state index in [1.165, 1.54) is 12.1 Å². The average Bonchev–Trinajstić information content (AvgIpc) is 2.85. The van der Waals surface area contributed by atoms with Crippen LogP contribution in [0, 0.1) is 10.1 Å². The minimum atomic E-state index is -0.933. The van der Waals surface area contributed by atoms with E-state index < -0.39 is 23.0 Å². The maximum Gasteiger partial charge on any atom is 0.347 e. The first-order valence-corrected chi connectivity index (χ1v) is 8.47. The third kappa shape index (κ3) is 3.89. The number of hydrogen-bond donors (Lipinski definition) is 0. The van der Waals surface area contributed by atoms with E-state index in [4.69, 9.17) is 9.47 Å². The Morgan fingerprint density at radius 2 is 1.96 bits per heavy atom. The van der Waals surface area contributed by atoms with Gasteiger partial charge in [-0.3, -0.25) is 10.1 Å². The van der Waals surface area contributed by atoms with Crippen molar-refractivity contribution in [1.29, 1.82) is 0 Å². The fourth-order valence-electron chi connectivity index (χ4n) is 3.16.